The number of aromatic nitrogens is 2. The van der Waals surface area contributed by atoms with E-state index >= 15 is 0 Å². The molecule has 1 aliphatic rings. The van der Waals surface area contributed by atoms with E-state index in [1.165, 1.54) is 12.1 Å². The maximum Gasteiger partial charge on any atom is 0.258 e. The molecule has 27 heavy (non-hydrogen) atoms. The van der Waals surface area contributed by atoms with Crippen LogP contribution in [0, 0.1) is 5.82 Å². The van der Waals surface area contributed by atoms with Crippen LogP contribution >= 0.6 is 11.6 Å². The number of halogens is 2. The second-order valence-electron chi connectivity index (χ2n) is 6.89. The lowest BCUT2D eigenvalue weighted by Gasteiger charge is -2.35. The van der Waals surface area contributed by atoms with Gasteiger partial charge in [0, 0.05) is 23.5 Å². The zero-order chi connectivity index (χ0) is 19.0. The van der Waals surface area contributed by atoms with Crippen LogP contribution in [0.1, 0.15) is 34.8 Å². The highest BCUT2D eigenvalue weighted by atomic mass is 35.5. The molecule has 0 N–H and O–H groups in total. The van der Waals surface area contributed by atoms with Crippen molar-refractivity contribution in [2.45, 2.75) is 32.4 Å². The van der Waals surface area contributed by atoms with Crippen molar-refractivity contribution >= 4 is 23.2 Å². The summed E-state index contributed by atoms with van der Waals surface area (Å²) >= 11 is 5.89. The Morgan fingerprint density at radius 1 is 1.26 bits per heavy atom. The first kappa shape index (κ1) is 17.7. The van der Waals surface area contributed by atoms with Crippen molar-refractivity contribution in [3.05, 3.63) is 82.4 Å². The highest BCUT2D eigenvalue weighted by molar-refractivity contribution is 6.30. The number of hydrogen-bond acceptors (Lipinski definition) is 2. The quantitative estimate of drug-likeness (QED) is 0.657. The number of hydrogen-bond donors (Lipinski definition) is 0. The van der Waals surface area contributed by atoms with Crippen LogP contribution in [0.5, 0.6) is 0 Å². The number of amides is 1. The van der Waals surface area contributed by atoms with Gasteiger partial charge in [-0.1, -0.05) is 23.7 Å². The van der Waals surface area contributed by atoms with Gasteiger partial charge in [-0.3, -0.25) is 9.48 Å². The number of benzene rings is 2. The average Bonchev–Trinajstić information content (AvgIpc) is 3.06. The van der Waals surface area contributed by atoms with Crippen LogP contribution in [0.4, 0.5) is 10.1 Å². The van der Waals surface area contributed by atoms with Crippen LogP contribution in [0.2, 0.25) is 5.02 Å². The Balaban J connectivity index is 1.57. The number of carbonyl (C=O) groups excluding carboxylic acids is 1. The largest absolute Gasteiger partial charge is 0.305 e. The van der Waals surface area contributed by atoms with Gasteiger partial charge >= 0.3 is 0 Å². The fraction of sp³-hybridized carbons (Fsp3) is 0.238. The number of anilines is 1. The number of nitrogens with zero attached hydrogens (tertiary/aromatic N) is 3. The van der Waals surface area contributed by atoms with Crippen molar-refractivity contribution in [2.75, 3.05) is 4.90 Å². The fourth-order valence-corrected chi connectivity index (χ4v) is 3.69. The molecule has 138 valence electrons. The third-order valence-corrected chi connectivity index (χ3v) is 5.13. The van der Waals surface area contributed by atoms with E-state index in [2.05, 4.69) is 5.10 Å². The minimum absolute atomic E-state index is 0.0660. The van der Waals surface area contributed by atoms with Gasteiger partial charge in [0.1, 0.15) is 5.82 Å². The molecule has 0 saturated carbocycles. The summed E-state index contributed by atoms with van der Waals surface area (Å²) in [4.78, 5) is 14.9. The number of carbonyl (C=O) groups is 1. The van der Waals surface area contributed by atoms with Gasteiger partial charge in [0.25, 0.3) is 5.91 Å². The fourth-order valence-electron chi connectivity index (χ4n) is 3.53. The predicted octanol–water partition coefficient (Wildman–Crippen LogP) is 4.71. The molecule has 3 aromatic rings. The monoisotopic (exact) mass is 383 g/mol. The Hall–Kier alpha value is -2.66. The normalized spacial score (nSPS) is 16.3. The lowest BCUT2D eigenvalue weighted by Crippen LogP contribution is -2.42. The Bertz CT molecular complexity index is 983. The minimum Gasteiger partial charge on any atom is -0.305 e. The molecule has 0 saturated heterocycles. The summed E-state index contributed by atoms with van der Waals surface area (Å²) in [5, 5.41) is 4.76. The van der Waals surface area contributed by atoms with Gasteiger partial charge in [-0.25, -0.2) is 4.39 Å². The first-order valence-corrected chi connectivity index (χ1v) is 9.28. The van der Waals surface area contributed by atoms with Crippen LogP contribution in [-0.4, -0.2) is 21.7 Å². The van der Waals surface area contributed by atoms with Gasteiger partial charge in [-0.15, -0.1) is 0 Å². The SMILES string of the molecule is CC1CCc2cc(F)ccc2N1C(=O)c1ccc(Cn2cc(Cl)cn2)cc1. The third-order valence-electron chi connectivity index (χ3n) is 4.94. The zero-order valence-corrected chi connectivity index (χ0v) is 15.7. The summed E-state index contributed by atoms with van der Waals surface area (Å²) in [5.74, 6) is -0.331. The number of rotatable bonds is 3. The standard InChI is InChI=1S/C21H19ClFN3O/c1-14-2-5-17-10-19(23)8-9-20(17)26(14)21(27)16-6-3-15(4-7-16)12-25-13-18(22)11-24-25/h3-4,6-11,13-14H,2,5,12H2,1H3. The maximum atomic E-state index is 13.5. The molecular formula is C21H19ClFN3O. The summed E-state index contributed by atoms with van der Waals surface area (Å²) < 4.78 is 15.3. The van der Waals surface area contributed by atoms with Gasteiger partial charge in [0.2, 0.25) is 0 Å². The molecule has 1 atom stereocenters. The molecule has 1 amide bonds. The molecule has 2 heterocycles. The second-order valence-corrected chi connectivity index (χ2v) is 7.33. The molecule has 0 fully saturated rings. The first-order valence-electron chi connectivity index (χ1n) is 8.90. The van der Waals surface area contributed by atoms with E-state index in [4.69, 9.17) is 11.6 Å². The number of aryl methyl sites for hydroxylation is 1. The molecule has 0 bridgehead atoms. The van der Waals surface area contributed by atoms with Crippen molar-refractivity contribution in [1.29, 1.82) is 0 Å². The van der Waals surface area contributed by atoms with E-state index in [0.29, 0.717) is 17.1 Å². The zero-order valence-electron chi connectivity index (χ0n) is 14.9. The van der Waals surface area contributed by atoms with E-state index in [1.54, 1.807) is 28.0 Å². The van der Waals surface area contributed by atoms with Crippen LogP contribution in [0.3, 0.4) is 0 Å². The van der Waals surface area contributed by atoms with Gasteiger partial charge < -0.3 is 4.90 Å². The van der Waals surface area contributed by atoms with Gasteiger partial charge in [0.05, 0.1) is 17.8 Å². The Labute approximate surface area is 162 Å². The van der Waals surface area contributed by atoms with E-state index < -0.39 is 0 Å². The molecule has 0 radical (unpaired) electrons. The summed E-state index contributed by atoms with van der Waals surface area (Å²) in [6.07, 6.45) is 4.95. The Morgan fingerprint density at radius 2 is 2.04 bits per heavy atom. The predicted molar refractivity (Wildman–Crippen MR) is 104 cm³/mol. The topological polar surface area (TPSA) is 38.1 Å². The van der Waals surface area contributed by atoms with Crippen LogP contribution in [0.25, 0.3) is 0 Å². The van der Waals surface area contributed by atoms with Crippen molar-refractivity contribution in [2.24, 2.45) is 0 Å². The molecule has 1 unspecified atom stereocenters. The first-order chi connectivity index (χ1) is 13.0. The summed E-state index contributed by atoms with van der Waals surface area (Å²) in [5.41, 5.74) is 3.32. The molecular weight excluding hydrogens is 365 g/mol. The minimum atomic E-state index is -0.265. The molecule has 4 nitrogen and oxygen atoms in total. The third kappa shape index (κ3) is 3.60. The summed E-state index contributed by atoms with van der Waals surface area (Å²) in [6.45, 7) is 2.61. The molecule has 0 spiro atoms. The van der Waals surface area contributed by atoms with Crippen LogP contribution in [0.15, 0.2) is 54.9 Å². The van der Waals surface area contributed by atoms with Crippen LogP contribution in [-0.2, 0) is 13.0 Å². The van der Waals surface area contributed by atoms with Crippen molar-refractivity contribution in [3.63, 3.8) is 0 Å². The molecule has 0 aliphatic carbocycles. The van der Waals surface area contributed by atoms with Crippen molar-refractivity contribution in [3.8, 4) is 0 Å². The summed E-state index contributed by atoms with van der Waals surface area (Å²) in [6, 6.07) is 12.2. The molecule has 6 heteroatoms. The molecule has 1 aliphatic heterocycles. The van der Waals surface area contributed by atoms with E-state index in [-0.39, 0.29) is 17.8 Å². The van der Waals surface area contributed by atoms with Crippen LogP contribution < -0.4 is 4.90 Å². The average molecular weight is 384 g/mol. The smallest absolute Gasteiger partial charge is 0.258 e. The highest BCUT2D eigenvalue weighted by Crippen LogP contribution is 2.32. The Kier molecular flexibility index (Phi) is 4.70. The molecule has 4 rings (SSSR count). The van der Waals surface area contributed by atoms with Gasteiger partial charge in [0.15, 0.2) is 0 Å². The van der Waals surface area contributed by atoms with Crippen molar-refractivity contribution < 1.29 is 9.18 Å². The lowest BCUT2D eigenvalue weighted by molar-refractivity contribution is 0.0975. The number of fused-ring (bicyclic) bond motifs is 1. The second kappa shape index (κ2) is 7.16. The van der Waals surface area contributed by atoms with Gasteiger partial charge in [-0.05, 0) is 61.2 Å². The summed E-state index contributed by atoms with van der Waals surface area (Å²) in [7, 11) is 0. The van der Waals surface area contributed by atoms with E-state index in [9.17, 15) is 9.18 Å². The lowest BCUT2D eigenvalue weighted by atomic mass is 9.95. The van der Waals surface area contributed by atoms with Gasteiger partial charge in [-0.2, -0.15) is 5.10 Å². The van der Waals surface area contributed by atoms with E-state index in [0.717, 1.165) is 29.7 Å². The molecule has 2 aromatic carbocycles. The molecule has 1 aromatic heterocycles. The maximum absolute atomic E-state index is 13.5. The highest BCUT2D eigenvalue weighted by Gasteiger charge is 2.29. The Morgan fingerprint density at radius 3 is 2.74 bits per heavy atom. The van der Waals surface area contributed by atoms with Crippen molar-refractivity contribution in [1.82, 2.24) is 9.78 Å². The van der Waals surface area contributed by atoms with E-state index in [1.807, 2.05) is 31.2 Å².